The number of rotatable bonds is 8. The zero-order valence-corrected chi connectivity index (χ0v) is 16.4. The second-order valence-corrected chi connectivity index (χ2v) is 7.25. The molecule has 0 amide bonds. The Morgan fingerprint density at radius 1 is 1.19 bits per heavy atom. The van der Waals surface area contributed by atoms with Crippen LogP contribution in [0.4, 0.5) is 0 Å². The SMILES string of the molecule is CN=C(NCCCCn1cnnc1)NC1CC(C)N(Cc2ccccc2)C1. The Bertz CT molecular complexity index is 684. The van der Waals surface area contributed by atoms with Crippen LogP contribution in [0.1, 0.15) is 31.7 Å². The van der Waals surface area contributed by atoms with E-state index in [0.29, 0.717) is 12.1 Å². The zero-order valence-electron chi connectivity index (χ0n) is 16.4. The van der Waals surface area contributed by atoms with E-state index in [4.69, 9.17) is 0 Å². The van der Waals surface area contributed by atoms with Gasteiger partial charge in [0.05, 0.1) is 0 Å². The van der Waals surface area contributed by atoms with Crippen LogP contribution in [0.3, 0.4) is 0 Å². The highest BCUT2D eigenvalue weighted by atomic mass is 15.3. The minimum atomic E-state index is 0.437. The van der Waals surface area contributed by atoms with Gasteiger partial charge in [-0.15, -0.1) is 10.2 Å². The molecule has 1 aliphatic heterocycles. The molecule has 1 aliphatic rings. The van der Waals surface area contributed by atoms with E-state index in [1.807, 2.05) is 11.6 Å². The predicted octanol–water partition coefficient (Wildman–Crippen LogP) is 1.89. The van der Waals surface area contributed by atoms with Crippen LogP contribution in [-0.2, 0) is 13.1 Å². The minimum Gasteiger partial charge on any atom is -0.356 e. The van der Waals surface area contributed by atoms with Gasteiger partial charge in [0.15, 0.2) is 5.96 Å². The molecule has 2 atom stereocenters. The van der Waals surface area contributed by atoms with Crippen molar-refractivity contribution in [3.8, 4) is 0 Å². The number of aromatic nitrogens is 3. The summed E-state index contributed by atoms with van der Waals surface area (Å²) in [5.41, 5.74) is 1.38. The summed E-state index contributed by atoms with van der Waals surface area (Å²) in [5, 5.41) is 14.7. The average molecular weight is 370 g/mol. The summed E-state index contributed by atoms with van der Waals surface area (Å²) < 4.78 is 2.01. The second kappa shape index (κ2) is 10.1. The molecule has 0 bridgehead atoms. The van der Waals surface area contributed by atoms with E-state index in [1.54, 1.807) is 12.7 Å². The predicted molar refractivity (Wildman–Crippen MR) is 108 cm³/mol. The monoisotopic (exact) mass is 369 g/mol. The van der Waals surface area contributed by atoms with Crippen LogP contribution in [0.25, 0.3) is 0 Å². The fraction of sp³-hybridized carbons (Fsp3) is 0.550. The lowest BCUT2D eigenvalue weighted by atomic mass is 10.2. The van der Waals surface area contributed by atoms with Gasteiger partial charge in [-0.1, -0.05) is 30.3 Å². The molecule has 2 unspecified atom stereocenters. The maximum Gasteiger partial charge on any atom is 0.191 e. The number of aryl methyl sites for hydroxylation is 1. The maximum absolute atomic E-state index is 4.38. The number of hydrogen-bond acceptors (Lipinski definition) is 4. The normalized spacial score (nSPS) is 20.7. The van der Waals surface area contributed by atoms with Crippen molar-refractivity contribution in [3.63, 3.8) is 0 Å². The molecule has 2 N–H and O–H groups in total. The van der Waals surface area contributed by atoms with Gasteiger partial charge in [0, 0.05) is 45.3 Å². The first kappa shape index (κ1) is 19.4. The van der Waals surface area contributed by atoms with Crippen LogP contribution in [0.2, 0.25) is 0 Å². The highest BCUT2D eigenvalue weighted by Crippen LogP contribution is 2.20. The van der Waals surface area contributed by atoms with Gasteiger partial charge in [-0.3, -0.25) is 9.89 Å². The maximum atomic E-state index is 4.38. The molecule has 1 aromatic carbocycles. The standard InChI is InChI=1S/C20H31N7/c1-17-12-19(14-27(17)13-18-8-4-3-5-9-18)25-20(21-2)22-10-6-7-11-26-15-23-24-16-26/h3-5,8-9,15-17,19H,6-7,10-14H2,1-2H3,(H2,21,22,25). The highest BCUT2D eigenvalue weighted by Gasteiger charge is 2.29. The molecule has 7 nitrogen and oxygen atoms in total. The smallest absolute Gasteiger partial charge is 0.191 e. The number of likely N-dealkylation sites (tertiary alicyclic amines) is 1. The van der Waals surface area contributed by atoms with Crippen molar-refractivity contribution in [2.45, 2.75) is 51.4 Å². The molecule has 0 saturated carbocycles. The Morgan fingerprint density at radius 2 is 1.96 bits per heavy atom. The number of benzene rings is 1. The van der Waals surface area contributed by atoms with Gasteiger partial charge in [0.1, 0.15) is 12.7 Å². The van der Waals surface area contributed by atoms with E-state index in [1.165, 1.54) is 5.56 Å². The van der Waals surface area contributed by atoms with Crippen LogP contribution in [0.5, 0.6) is 0 Å². The van der Waals surface area contributed by atoms with E-state index < -0.39 is 0 Å². The molecule has 146 valence electrons. The number of nitrogens with one attached hydrogen (secondary N) is 2. The van der Waals surface area contributed by atoms with E-state index in [0.717, 1.165) is 51.4 Å². The average Bonchev–Trinajstić information content (AvgIpc) is 3.31. The number of nitrogens with zero attached hydrogens (tertiary/aromatic N) is 5. The van der Waals surface area contributed by atoms with E-state index >= 15 is 0 Å². The molecule has 3 rings (SSSR count). The summed E-state index contributed by atoms with van der Waals surface area (Å²) in [6.07, 6.45) is 6.83. The minimum absolute atomic E-state index is 0.437. The quantitative estimate of drug-likeness (QED) is 0.422. The number of unbranched alkanes of at least 4 members (excludes halogenated alkanes) is 1. The number of hydrogen-bond donors (Lipinski definition) is 2. The third-order valence-electron chi connectivity index (χ3n) is 5.10. The largest absolute Gasteiger partial charge is 0.356 e. The molecule has 1 aromatic heterocycles. The summed E-state index contributed by atoms with van der Waals surface area (Å²) in [5.74, 6) is 0.901. The third kappa shape index (κ3) is 6.06. The molecule has 2 aromatic rings. The van der Waals surface area contributed by atoms with Gasteiger partial charge in [0.2, 0.25) is 0 Å². The lowest BCUT2D eigenvalue weighted by Crippen LogP contribution is -2.44. The fourth-order valence-corrected chi connectivity index (χ4v) is 3.59. The molecule has 1 fully saturated rings. The van der Waals surface area contributed by atoms with Crippen LogP contribution in [0.15, 0.2) is 48.0 Å². The molecule has 0 radical (unpaired) electrons. The molecule has 7 heteroatoms. The second-order valence-electron chi connectivity index (χ2n) is 7.25. The summed E-state index contributed by atoms with van der Waals surface area (Å²) in [6, 6.07) is 11.7. The summed E-state index contributed by atoms with van der Waals surface area (Å²) >= 11 is 0. The van der Waals surface area contributed by atoms with Crippen molar-refractivity contribution in [2.75, 3.05) is 20.1 Å². The van der Waals surface area contributed by atoms with Gasteiger partial charge in [-0.2, -0.15) is 0 Å². The molecule has 1 saturated heterocycles. The van der Waals surface area contributed by atoms with Gasteiger partial charge in [-0.05, 0) is 31.7 Å². The molecule has 2 heterocycles. The lowest BCUT2D eigenvalue weighted by Gasteiger charge is -2.21. The fourth-order valence-electron chi connectivity index (χ4n) is 3.59. The van der Waals surface area contributed by atoms with Crippen molar-refractivity contribution in [3.05, 3.63) is 48.5 Å². The van der Waals surface area contributed by atoms with Gasteiger partial charge >= 0.3 is 0 Å². The van der Waals surface area contributed by atoms with Crippen molar-refractivity contribution in [1.82, 2.24) is 30.3 Å². The first-order valence-corrected chi connectivity index (χ1v) is 9.82. The first-order chi connectivity index (χ1) is 13.2. The summed E-state index contributed by atoms with van der Waals surface area (Å²) in [4.78, 5) is 6.92. The van der Waals surface area contributed by atoms with E-state index in [-0.39, 0.29) is 0 Å². The van der Waals surface area contributed by atoms with Crippen molar-refractivity contribution < 1.29 is 0 Å². The number of guanidine groups is 1. The van der Waals surface area contributed by atoms with Crippen LogP contribution < -0.4 is 10.6 Å². The summed E-state index contributed by atoms with van der Waals surface area (Å²) in [7, 11) is 1.84. The summed E-state index contributed by atoms with van der Waals surface area (Å²) in [6.45, 7) is 6.23. The first-order valence-electron chi connectivity index (χ1n) is 9.82. The van der Waals surface area contributed by atoms with Gasteiger partial charge in [0.25, 0.3) is 0 Å². The Balaban J connectivity index is 1.36. The Labute approximate surface area is 161 Å². The zero-order chi connectivity index (χ0) is 18.9. The van der Waals surface area contributed by atoms with Crippen molar-refractivity contribution in [1.29, 1.82) is 0 Å². The molecule has 0 spiro atoms. The van der Waals surface area contributed by atoms with Crippen molar-refractivity contribution in [2.24, 2.45) is 4.99 Å². The molecular weight excluding hydrogens is 338 g/mol. The highest BCUT2D eigenvalue weighted by molar-refractivity contribution is 5.80. The van der Waals surface area contributed by atoms with Crippen LogP contribution >= 0.6 is 0 Å². The van der Waals surface area contributed by atoms with Crippen LogP contribution in [0, 0.1) is 0 Å². The van der Waals surface area contributed by atoms with E-state index in [2.05, 4.69) is 68.0 Å². The van der Waals surface area contributed by atoms with Crippen molar-refractivity contribution >= 4 is 5.96 Å². The topological polar surface area (TPSA) is 70.4 Å². The molecule has 0 aliphatic carbocycles. The van der Waals surface area contributed by atoms with Crippen LogP contribution in [-0.4, -0.2) is 57.8 Å². The van der Waals surface area contributed by atoms with E-state index in [9.17, 15) is 0 Å². The Hall–Kier alpha value is -2.41. The molecular formula is C20H31N7. The number of aliphatic imine (C=N–C) groups is 1. The third-order valence-corrected chi connectivity index (χ3v) is 5.10. The van der Waals surface area contributed by atoms with Gasteiger partial charge in [-0.25, -0.2) is 0 Å². The molecule has 27 heavy (non-hydrogen) atoms. The Kier molecular flexibility index (Phi) is 7.21. The lowest BCUT2D eigenvalue weighted by molar-refractivity contribution is 0.258. The Morgan fingerprint density at radius 3 is 2.70 bits per heavy atom. The van der Waals surface area contributed by atoms with Gasteiger partial charge < -0.3 is 15.2 Å².